The van der Waals surface area contributed by atoms with Crippen molar-refractivity contribution in [2.75, 3.05) is 0 Å². The minimum atomic E-state index is -0.0390. The summed E-state index contributed by atoms with van der Waals surface area (Å²) >= 11 is 0. The molecule has 0 unspecified atom stereocenters. The zero-order valence-corrected chi connectivity index (χ0v) is 8.42. The lowest BCUT2D eigenvalue weighted by Gasteiger charge is -2.08. The Bertz CT molecular complexity index is 529. The van der Waals surface area contributed by atoms with Crippen LogP contribution in [0.1, 0.15) is 5.56 Å². The molecule has 0 saturated carbocycles. The molecule has 0 aliphatic carbocycles. The molecule has 78 valence electrons. The van der Waals surface area contributed by atoms with Gasteiger partial charge in [-0.2, -0.15) is 5.26 Å². The second-order valence-electron chi connectivity index (χ2n) is 3.18. The van der Waals surface area contributed by atoms with Crippen LogP contribution >= 0.6 is 0 Å². The van der Waals surface area contributed by atoms with Gasteiger partial charge in [0.15, 0.2) is 11.5 Å². The maximum atomic E-state index is 9.61. The van der Waals surface area contributed by atoms with Crippen molar-refractivity contribution in [1.82, 2.24) is 0 Å². The highest BCUT2D eigenvalue weighted by molar-refractivity contribution is 5.53. The van der Waals surface area contributed by atoms with Gasteiger partial charge in [0.05, 0.1) is 5.56 Å². The number of nitrogens with zero attached hydrogens (tertiary/aromatic N) is 1. The van der Waals surface area contributed by atoms with Gasteiger partial charge in [-0.15, -0.1) is 0 Å². The molecule has 0 radical (unpaired) electrons. The van der Waals surface area contributed by atoms with E-state index in [1.165, 1.54) is 6.07 Å². The average Bonchev–Trinajstić information content (AvgIpc) is 2.33. The zero-order chi connectivity index (χ0) is 11.4. The third-order valence-electron chi connectivity index (χ3n) is 2.08. The van der Waals surface area contributed by atoms with E-state index in [1.807, 2.05) is 24.3 Å². The molecular weight excluding hydrogens is 202 g/mol. The van der Waals surface area contributed by atoms with Crippen molar-refractivity contribution in [3.8, 4) is 23.3 Å². The van der Waals surface area contributed by atoms with Crippen molar-refractivity contribution in [3.05, 3.63) is 54.1 Å². The molecule has 0 aliphatic heterocycles. The number of nitriles is 1. The lowest BCUT2D eigenvalue weighted by atomic mass is 10.2. The largest absolute Gasteiger partial charge is 0.504 e. The number of hydrogen-bond donors (Lipinski definition) is 1. The fourth-order valence-electron chi connectivity index (χ4n) is 1.33. The van der Waals surface area contributed by atoms with E-state index in [0.717, 1.165) is 0 Å². The highest BCUT2D eigenvalue weighted by Gasteiger charge is 2.09. The lowest BCUT2D eigenvalue weighted by Crippen LogP contribution is -1.88. The molecule has 0 saturated heterocycles. The van der Waals surface area contributed by atoms with E-state index in [9.17, 15) is 5.11 Å². The van der Waals surface area contributed by atoms with E-state index >= 15 is 0 Å². The zero-order valence-electron chi connectivity index (χ0n) is 8.42. The molecule has 1 N–H and O–H groups in total. The Morgan fingerprint density at radius 1 is 1.00 bits per heavy atom. The summed E-state index contributed by atoms with van der Waals surface area (Å²) in [6.45, 7) is 0. The molecule has 3 nitrogen and oxygen atoms in total. The lowest BCUT2D eigenvalue weighted by molar-refractivity contribution is 0.410. The van der Waals surface area contributed by atoms with Gasteiger partial charge < -0.3 is 9.84 Å². The number of ether oxygens (including phenoxy) is 1. The Morgan fingerprint density at radius 3 is 2.44 bits per heavy atom. The number of para-hydroxylation sites is 2. The maximum Gasteiger partial charge on any atom is 0.186 e. The molecule has 16 heavy (non-hydrogen) atoms. The standard InChI is InChI=1S/C13H9NO2/c14-9-10-5-4-8-12(15)13(10)16-11-6-2-1-3-7-11/h1-8,15H. The smallest absolute Gasteiger partial charge is 0.186 e. The summed E-state index contributed by atoms with van der Waals surface area (Å²) in [5.74, 6) is 0.736. The molecule has 3 heteroatoms. The molecule has 0 fully saturated rings. The first kappa shape index (κ1) is 10.1. The molecule has 0 atom stereocenters. The number of phenols is 1. The summed E-state index contributed by atoms with van der Waals surface area (Å²) in [6.07, 6.45) is 0. The van der Waals surface area contributed by atoms with Crippen molar-refractivity contribution >= 4 is 0 Å². The minimum Gasteiger partial charge on any atom is -0.504 e. The summed E-state index contributed by atoms with van der Waals surface area (Å²) in [5, 5.41) is 18.5. The normalized spacial score (nSPS) is 9.44. The monoisotopic (exact) mass is 211 g/mol. The Kier molecular flexibility index (Phi) is 2.75. The fourth-order valence-corrected chi connectivity index (χ4v) is 1.33. The second-order valence-corrected chi connectivity index (χ2v) is 3.18. The highest BCUT2D eigenvalue weighted by atomic mass is 16.5. The van der Waals surface area contributed by atoms with Crippen LogP contribution in [-0.2, 0) is 0 Å². The molecule has 0 aliphatic rings. The van der Waals surface area contributed by atoms with Crippen molar-refractivity contribution in [1.29, 1.82) is 5.26 Å². The van der Waals surface area contributed by atoms with E-state index < -0.39 is 0 Å². The van der Waals surface area contributed by atoms with Gasteiger partial charge in [0.2, 0.25) is 0 Å². The van der Waals surface area contributed by atoms with E-state index in [-0.39, 0.29) is 11.5 Å². The van der Waals surface area contributed by atoms with Gasteiger partial charge in [-0.05, 0) is 24.3 Å². The van der Waals surface area contributed by atoms with Gasteiger partial charge in [0.25, 0.3) is 0 Å². The molecule has 0 bridgehead atoms. The number of benzene rings is 2. The maximum absolute atomic E-state index is 9.61. The summed E-state index contributed by atoms with van der Waals surface area (Å²) in [4.78, 5) is 0. The van der Waals surface area contributed by atoms with E-state index in [1.54, 1.807) is 24.3 Å². The van der Waals surface area contributed by atoms with Crippen molar-refractivity contribution in [2.45, 2.75) is 0 Å². The Balaban J connectivity index is 2.39. The molecule has 0 amide bonds. The number of rotatable bonds is 2. The fraction of sp³-hybridized carbons (Fsp3) is 0. The van der Waals surface area contributed by atoms with Gasteiger partial charge in [-0.1, -0.05) is 24.3 Å². The number of aromatic hydroxyl groups is 1. The number of hydrogen-bond acceptors (Lipinski definition) is 3. The molecular formula is C13H9NO2. The summed E-state index contributed by atoms with van der Waals surface area (Å²) in [5.41, 5.74) is 0.309. The first-order chi connectivity index (χ1) is 7.81. The van der Waals surface area contributed by atoms with Crippen LogP contribution in [0.4, 0.5) is 0 Å². The van der Waals surface area contributed by atoms with Crippen LogP contribution in [-0.4, -0.2) is 5.11 Å². The summed E-state index contributed by atoms with van der Waals surface area (Å²) < 4.78 is 5.46. The van der Waals surface area contributed by atoms with E-state index in [4.69, 9.17) is 10.00 Å². The van der Waals surface area contributed by atoms with E-state index in [2.05, 4.69) is 0 Å². The molecule has 2 aromatic rings. The van der Waals surface area contributed by atoms with Crippen molar-refractivity contribution in [2.24, 2.45) is 0 Å². The van der Waals surface area contributed by atoms with Crippen molar-refractivity contribution in [3.63, 3.8) is 0 Å². The van der Waals surface area contributed by atoms with Gasteiger partial charge in [-0.3, -0.25) is 0 Å². The Morgan fingerprint density at radius 2 is 1.75 bits per heavy atom. The molecule has 0 heterocycles. The van der Waals surface area contributed by atoms with Crippen LogP contribution in [0.25, 0.3) is 0 Å². The Hall–Kier alpha value is -2.47. The highest BCUT2D eigenvalue weighted by Crippen LogP contribution is 2.33. The number of phenolic OH excluding ortho intramolecular Hbond substituents is 1. The van der Waals surface area contributed by atoms with Crippen LogP contribution in [0.3, 0.4) is 0 Å². The predicted molar refractivity (Wildman–Crippen MR) is 59.3 cm³/mol. The summed E-state index contributed by atoms with van der Waals surface area (Å²) in [7, 11) is 0. The first-order valence-electron chi connectivity index (χ1n) is 4.76. The van der Waals surface area contributed by atoms with Gasteiger partial charge >= 0.3 is 0 Å². The van der Waals surface area contributed by atoms with Crippen LogP contribution in [0, 0.1) is 11.3 Å². The average molecular weight is 211 g/mol. The molecule has 0 aromatic heterocycles. The topological polar surface area (TPSA) is 53.2 Å². The van der Waals surface area contributed by atoms with Crippen LogP contribution in [0.5, 0.6) is 17.2 Å². The third-order valence-corrected chi connectivity index (χ3v) is 2.08. The molecule has 2 rings (SSSR count). The third kappa shape index (κ3) is 1.96. The van der Waals surface area contributed by atoms with Crippen molar-refractivity contribution < 1.29 is 9.84 Å². The van der Waals surface area contributed by atoms with Crippen LogP contribution in [0.15, 0.2) is 48.5 Å². The Labute approximate surface area is 93.2 Å². The molecule has 2 aromatic carbocycles. The van der Waals surface area contributed by atoms with Crippen LogP contribution in [0.2, 0.25) is 0 Å². The quantitative estimate of drug-likeness (QED) is 0.830. The first-order valence-corrected chi connectivity index (χ1v) is 4.76. The van der Waals surface area contributed by atoms with Gasteiger partial charge in [0, 0.05) is 0 Å². The summed E-state index contributed by atoms with van der Waals surface area (Å²) in [6, 6.07) is 15.7. The van der Waals surface area contributed by atoms with Gasteiger partial charge in [-0.25, -0.2) is 0 Å². The predicted octanol–water partition coefficient (Wildman–Crippen LogP) is 3.06. The molecule has 0 spiro atoms. The van der Waals surface area contributed by atoms with E-state index in [0.29, 0.717) is 11.3 Å². The van der Waals surface area contributed by atoms with Crippen LogP contribution < -0.4 is 4.74 Å². The second kappa shape index (κ2) is 4.37. The van der Waals surface area contributed by atoms with Gasteiger partial charge in [0.1, 0.15) is 11.8 Å². The SMILES string of the molecule is N#Cc1cccc(O)c1Oc1ccccc1. The minimum absolute atomic E-state index is 0.0390.